The van der Waals surface area contributed by atoms with Crippen molar-refractivity contribution in [2.24, 2.45) is 17.6 Å². The molecule has 5 atom stereocenters. The summed E-state index contributed by atoms with van der Waals surface area (Å²) in [6, 6.07) is -1.52. The highest BCUT2D eigenvalue weighted by molar-refractivity contribution is 6.24. The van der Waals surface area contributed by atoms with Gasteiger partial charge in [-0.3, -0.25) is 19.3 Å². The van der Waals surface area contributed by atoms with Crippen LogP contribution in [0.15, 0.2) is 28.7 Å². The molecule has 4 rings (SSSR count). The number of aliphatic hydroxyl groups excluding tert-OH is 2. The molecular weight excluding hydrogens is 623 g/mol. The third-order valence-electron chi connectivity index (χ3n) is 8.64. The van der Waals surface area contributed by atoms with Gasteiger partial charge in [-0.1, -0.05) is 0 Å². The van der Waals surface area contributed by atoms with Crippen LogP contribution in [0.4, 0.5) is 14.9 Å². The Labute approximate surface area is 268 Å². The first-order valence-corrected chi connectivity index (χ1v) is 14.9. The van der Waals surface area contributed by atoms with Crippen molar-refractivity contribution in [1.82, 2.24) is 10.2 Å². The number of halogens is 1. The number of nitrogens with two attached hydrogens (primary N) is 1. The summed E-state index contributed by atoms with van der Waals surface area (Å²) in [7, 11) is 3.00. The standard InChI is InChI=1S/C31H39FN4O11/c1-30(2,3)47-29(45)35-16(28(43)44)7-6-8-34-17-11-15(32)13-9-12-10-14-21(36(4)5)24(39)20(27(33)42)26(41)31(14,46)25(40)18(12)23(38)19(13)22(17)37/h11-12,14,16,21,34,37,39-40,46H,6-10H2,1-5H3,(H2,33,42)(H,35,45)(H,43,44)/t12-,14-,16-,21-,31-/m0/s1. The molecule has 3 aliphatic carbocycles. The van der Waals surface area contributed by atoms with Crippen LogP contribution in [0.25, 0.3) is 0 Å². The largest absolute Gasteiger partial charge is 0.510 e. The normalized spacial score (nSPS) is 24.7. The zero-order valence-electron chi connectivity index (χ0n) is 26.5. The van der Waals surface area contributed by atoms with E-state index in [1.807, 2.05) is 0 Å². The molecule has 0 bridgehead atoms. The number of anilines is 1. The lowest BCUT2D eigenvalue weighted by molar-refractivity contribution is -0.148. The minimum Gasteiger partial charge on any atom is -0.510 e. The number of hydrogen-bond donors (Lipinski definition) is 8. The number of fused-ring (bicyclic) bond motifs is 3. The van der Waals surface area contributed by atoms with E-state index in [-0.39, 0.29) is 43.5 Å². The van der Waals surface area contributed by atoms with Crippen molar-refractivity contribution in [2.75, 3.05) is 26.0 Å². The second-order valence-corrected chi connectivity index (χ2v) is 13.2. The minimum atomic E-state index is -2.83. The number of nitrogens with zero attached hydrogens (tertiary/aromatic N) is 1. The van der Waals surface area contributed by atoms with Gasteiger partial charge in [-0.05, 0) is 66.5 Å². The molecule has 16 heteroatoms. The predicted octanol–water partition coefficient (Wildman–Crippen LogP) is 1.43. The van der Waals surface area contributed by atoms with Gasteiger partial charge in [-0.25, -0.2) is 14.0 Å². The Morgan fingerprint density at radius 1 is 1.19 bits per heavy atom. The lowest BCUT2D eigenvalue weighted by Gasteiger charge is -2.50. The van der Waals surface area contributed by atoms with E-state index in [4.69, 9.17) is 10.5 Å². The second-order valence-electron chi connectivity index (χ2n) is 13.2. The van der Waals surface area contributed by atoms with Crippen LogP contribution in [0.5, 0.6) is 5.75 Å². The summed E-state index contributed by atoms with van der Waals surface area (Å²) in [6.07, 6.45) is -1.29. The number of carbonyl (C=O) groups is 5. The number of aliphatic hydroxyl groups is 3. The van der Waals surface area contributed by atoms with Gasteiger partial charge >= 0.3 is 12.1 Å². The quantitative estimate of drug-likeness (QED) is 0.106. The number of ether oxygens (including phenoxy) is 1. The smallest absolute Gasteiger partial charge is 0.408 e. The number of allylic oxidation sites excluding steroid dienone is 1. The number of rotatable bonds is 9. The van der Waals surface area contributed by atoms with E-state index < -0.39 is 104 Å². The number of carboxylic acids is 1. The molecule has 0 saturated heterocycles. The van der Waals surface area contributed by atoms with Gasteiger partial charge < -0.3 is 46.6 Å². The van der Waals surface area contributed by atoms with Crippen LogP contribution in [0, 0.1) is 17.7 Å². The van der Waals surface area contributed by atoms with E-state index in [0.29, 0.717) is 0 Å². The number of benzene rings is 1. The number of phenolic OH excluding ortho intramolecular Hbond substituents is 1. The lowest BCUT2D eigenvalue weighted by atomic mass is 9.58. The molecule has 0 spiro atoms. The molecule has 2 amide bonds. The number of carboxylic acid groups (broad SMARTS) is 1. The van der Waals surface area contributed by atoms with Gasteiger partial charge in [-0.2, -0.15) is 0 Å². The first kappa shape index (κ1) is 35.2. The molecule has 0 aromatic heterocycles. The van der Waals surface area contributed by atoms with Crippen LogP contribution in [-0.4, -0.2) is 104 Å². The maximum Gasteiger partial charge on any atom is 0.408 e. The highest BCUT2D eigenvalue weighted by atomic mass is 19.1. The van der Waals surface area contributed by atoms with Crippen LogP contribution >= 0.6 is 0 Å². The van der Waals surface area contributed by atoms with Crippen LogP contribution in [0.1, 0.15) is 56.0 Å². The number of likely N-dealkylation sites (N-methyl/N-ethyl adjacent to an activating group) is 1. The van der Waals surface area contributed by atoms with Crippen LogP contribution < -0.4 is 16.4 Å². The van der Waals surface area contributed by atoms with Crippen LogP contribution in [0.3, 0.4) is 0 Å². The summed E-state index contributed by atoms with van der Waals surface area (Å²) in [6.45, 7) is 4.82. The van der Waals surface area contributed by atoms with Gasteiger partial charge in [0.15, 0.2) is 11.4 Å². The predicted molar refractivity (Wildman–Crippen MR) is 162 cm³/mol. The number of amides is 2. The number of Topliss-reactive ketones (excluding diaryl/α,β-unsaturated/α-hetero) is 2. The number of primary amides is 1. The summed E-state index contributed by atoms with van der Waals surface area (Å²) < 4.78 is 20.6. The number of aromatic hydroxyl groups is 1. The highest BCUT2D eigenvalue weighted by Crippen LogP contribution is 2.53. The van der Waals surface area contributed by atoms with E-state index in [1.165, 1.54) is 19.0 Å². The van der Waals surface area contributed by atoms with Crippen molar-refractivity contribution in [1.29, 1.82) is 0 Å². The van der Waals surface area contributed by atoms with Gasteiger partial charge in [0.2, 0.25) is 5.78 Å². The van der Waals surface area contributed by atoms with Gasteiger partial charge in [0, 0.05) is 29.7 Å². The molecule has 47 heavy (non-hydrogen) atoms. The fourth-order valence-corrected chi connectivity index (χ4v) is 6.64. The minimum absolute atomic E-state index is 0.0239. The molecule has 1 aromatic carbocycles. The Hall–Kier alpha value is -4.70. The van der Waals surface area contributed by atoms with E-state index in [2.05, 4.69) is 10.6 Å². The monoisotopic (exact) mass is 662 g/mol. The third kappa shape index (κ3) is 6.22. The molecule has 0 radical (unpaired) electrons. The summed E-state index contributed by atoms with van der Waals surface area (Å²) in [5.41, 5.74) is -0.629. The summed E-state index contributed by atoms with van der Waals surface area (Å²) in [4.78, 5) is 64.4. The second kappa shape index (κ2) is 12.5. The molecule has 3 aliphatic rings. The molecular formula is C31H39FN4O11. The van der Waals surface area contributed by atoms with Crippen LogP contribution in [-0.2, 0) is 25.5 Å². The zero-order valence-corrected chi connectivity index (χ0v) is 26.5. The Bertz CT molecular complexity index is 1610. The average molecular weight is 663 g/mol. The first-order chi connectivity index (χ1) is 21.7. The Balaban J connectivity index is 1.61. The molecule has 0 unspecified atom stereocenters. The van der Waals surface area contributed by atoms with E-state index in [1.54, 1.807) is 20.8 Å². The van der Waals surface area contributed by atoms with Crippen molar-refractivity contribution >= 4 is 35.2 Å². The first-order valence-electron chi connectivity index (χ1n) is 14.9. The van der Waals surface area contributed by atoms with Gasteiger partial charge in [0.05, 0.1) is 17.3 Å². The topological polar surface area (TPSA) is 249 Å². The number of alkyl carbamates (subject to hydrolysis) is 1. The molecule has 9 N–H and O–H groups in total. The summed E-state index contributed by atoms with van der Waals surface area (Å²) >= 11 is 0. The number of hydrogen-bond acceptors (Lipinski definition) is 12. The molecule has 256 valence electrons. The molecule has 0 aliphatic heterocycles. The number of aliphatic carboxylic acids is 1. The Morgan fingerprint density at radius 3 is 2.38 bits per heavy atom. The maximum absolute atomic E-state index is 15.5. The molecule has 0 saturated carbocycles. The van der Waals surface area contributed by atoms with Crippen LogP contribution in [0.2, 0.25) is 0 Å². The third-order valence-corrected chi connectivity index (χ3v) is 8.64. The van der Waals surface area contributed by atoms with E-state index in [9.17, 15) is 49.5 Å². The van der Waals surface area contributed by atoms with Crippen molar-refractivity contribution < 1.29 is 58.6 Å². The maximum atomic E-state index is 15.5. The van der Waals surface area contributed by atoms with E-state index >= 15 is 4.39 Å². The molecule has 1 aromatic rings. The number of phenols is 1. The highest BCUT2D eigenvalue weighted by Gasteiger charge is 2.63. The fraction of sp³-hybridized carbons (Fsp3) is 0.516. The van der Waals surface area contributed by atoms with E-state index in [0.717, 1.165) is 6.07 Å². The molecule has 15 nitrogen and oxygen atoms in total. The Kier molecular flexibility index (Phi) is 9.34. The average Bonchev–Trinajstić information content (AvgIpc) is 2.93. The van der Waals surface area contributed by atoms with Crippen molar-refractivity contribution in [3.8, 4) is 5.75 Å². The number of ketones is 2. The number of carbonyl (C=O) groups excluding carboxylic acids is 4. The van der Waals surface area contributed by atoms with Gasteiger partial charge in [-0.15, -0.1) is 0 Å². The Morgan fingerprint density at radius 2 is 1.83 bits per heavy atom. The summed E-state index contributed by atoms with van der Waals surface area (Å²) in [5, 5.41) is 59.4. The lowest BCUT2D eigenvalue weighted by Crippen LogP contribution is -2.63. The molecule has 0 heterocycles. The zero-order chi connectivity index (χ0) is 35.3. The van der Waals surface area contributed by atoms with Crippen molar-refractivity contribution in [2.45, 2.75) is 69.7 Å². The van der Waals surface area contributed by atoms with Crippen molar-refractivity contribution in [3.63, 3.8) is 0 Å². The SMILES string of the molecule is CN(C)[C@@H]1C(O)=C(C(N)=O)C(=O)[C@@]2(O)C(O)=C3C(=O)c4c(O)c(NCCC[C@H](NC(=O)OC(C)(C)C)C(=O)O)cc(F)c4C[C@H]3C[C@@H]12. The summed E-state index contributed by atoms with van der Waals surface area (Å²) in [5.74, 6) is -10.6. The van der Waals surface area contributed by atoms with Gasteiger partial charge in [0.25, 0.3) is 5.91 Å². The number of nitrogens with one attached hydrogen (secondary N) is 2. The fourth-order valence-electron chi connectivity index (χ4n) is 6.64. The van der Waals surface area contributed by atoms with Gasteiger partial charge in [0.1, 0.15) is 40.3 Å². The van der Waals surface area contributed by atoms with Crippen molar-refractivity contribution in [3.05, 3.63) is 45.7 Å². The molecule has 0 fully saturated rings.